The summed E-state index contributed by atoms with van der Waals surface area (Å²) in [6.07, 6.45) is 0.894. The molecular formula is C18H13NOS. The molecule has 1 aliphatic carbocycles. The van der Waals surface area contributed by atoms with Crippen LogP contribution in [0.5, 0.6) is 0 Å². The number of hydrogen-bond acceptors (Lipinski definition) is 3. The minimum atomic E-state index is 0.0178. The number of fused-ring (bicyclic) bond motifs is 3. The Morgan fingerprint density at radius 1 is 1.14 bits per heavy atom. The van der Waals surface area contributed by atoms with Gasteiger partial charge < -0.3 is 0 Å². The van der Waals surface area contributed by atoms with Gasteiger partial charge in [0.1, 0.15) is 0 Å². The van der Waals surface area contributed by atoms with E-state index in [0.29, 0.717) is 10.6 Å². The summed E-state index contributed by atoms with van der Waals surface area (Å²) in [5, 5.41) is 0.596. The Hall–Kier alpha value is -2.26. The molecule has 3 heteroatoms. The molecule has 0 atom stereocenters. The summed E-state index contributed by atoms with van der Waals surface area (Å²) in [7, 11) is 0. The van der Waals surface area contributed by atoms with Gasteiger partial charge in [-0.05, 0) is 18.6 Å². The molecule has 0 saturated heterocycles. The smallest absolute Gasteiger partial charge is 0.221 e. The molecule has 102 valence electrons. The van der Waals surface area contributed by atoms with Gasteiger partial charge in [-0.15, -0.1) is 11.3 Å². The van der Waals surface area contributed by atoms with Crippen LogP contribution in [-0.2, 0) is 6.42 Å². The molecule has 0 fully saturated rings. The number of rotatable bonds is 2. The van der Waals surface area contributed by atoms with Gasteiger partial charge in [0.05, 0.1) is 5.69 Å². The summed E-state index contributed by atoms with van der Waals surface area (Å²) < 4.78 is 0. The van der Waals surface area contributed by atoms with Crippen molar-refractivity contribution in [2.24, 2.45) is 0 Å². The maximum atomic E-state index is 12.5. The van der Waals surface area contributed by atoms with Crippen LogP contribution in [0.4, 0.5) is 0 Å². The minimum absolute atomic E-state index is 0.0178. The Labute approximate surface area is 127 Å². The summed E-state index contributed by atoms with van der Waals surface area (Å²) in [6, 6.07) is 15.8. The van der Waals surface area contributed by atoms with Crippen molar-refractivity contribution in [3.63, 3.8) is 0 Å². The lowest BCUT2D eigenvalue weighted by atomic mass is 10.1. The van der Waals surface area contributed by atoms with E-state index in [9.17, 15) is 4.79 Å². The number of carbonyl (C=O) groups excluding carboxylic acids is 1. The van der Waals surface area contributed by atoms with Crippen molar-refractivity contribution in [3.05, 3.63) is 75.1 Å². The Kier molecular flexibility index (Phi) is 2.76. The lowest BCUT2D eigenvalue weighted by molar-refractivity contribution is 0.103. The number of ketones is 1. The van der Waals surface area contributed by atoms with Crippen molar-refractivity contribution in [1.29, 1.82) is 0 Å². The number of benzene rings is 2. The predicted octanol–water partition coefficient (Wildman–Crippen LogP) is 4.25. The number of aryl methyl sites for hydroxylation is 1. The van der Waals surface area contributed by atoms with Gasteiger partial charge in [0.25, 0.3) is 0 Å². The fraction of sp³-hybridized carbons (Fsp3) is 0.111. The summed E-state index contributed by atoms with van der Waals surface area (Å²) in [4.78, 5) is 18.3. The maximum Gasteiger partial charge on any atom is 0.221 e. The first-order valence-corrected chi connectivity index (χ1v) is 7.73. The van der Waals surface area contributed by atoms with Crippen LogP contribution < -0.4 is 0 Å². The van der Waals surface area contributed by atoms with E-state index < -0.39 is 0 Å². The van der Waals surface area contributed by atoms with Gasteiger partial charge in [0, 0.05) is 22.4 Å². The van der Waals surface area contributed by atoms with E-state index in [4.69, 9.17) is 0 Å². The second-order valence-electron chi connectivity index (χ2n) is 5.32. The van der Waals surface area contributed by atoms with Crippen molar-refractivity contribution >= 4 is 17.1 Å². The topological polar surface area (TPSA) is 30.0 Å². The molecule has 0 N–H and O–H groups in total. The van der Waals surface area contributed by atoms with E-state index in [1.807, 2.05) is 30.3 Å². The fourth-order valence-corrected chi connectivity index (χ4v) is 3.79. The molecule has 0 aliphatic heterocycles. The fourth-order valence-electron chi connectivity index (χ4n) is 2.73. The van der Waals surface area contributed by atoms with Crippen LogP contribution in [0.1, 0.15) is 31.4 Å². The molecule has 4 rings (SSSR count). The van der Waals surface area contributed by atoms with Crippen molar-refractivity contribution in [1.82, 2.24) is 4.98 Å². The van der Waals surface area contributed by atoms with Crippen molar-refractivity contribution < 1.29 is 4.79 Å². The highest BCUT2D eigenvalue weighted by Gasteiger charge is 2.25. The van der Waals surface area contributed by atoms with Crippen LogP contribution in [0.3, 0.4) is 0 Å². The first kappa shape index (κ1) is 12.5. The van der Waals surface area contributed by atoms with Crippen LogP contribution in [0.25, 0.3) is 11.3 Å². The minimum Gasteiger partial charge on any atom is -0.286 e. The van der Waals surface area contributed by atoms with E-state index in [1.165, 1.54) is 32.9 Å². The number of hydrogen-bond donors (Lipinski definition) is 0. The molecular weight excluding hydrogens is 278 g/mol. The molecule has 2 nitrogen and oxygen atoms in total. The van der Waals surface area contributed by atoms with Gasteiger partial charge >= 0.3 is 0 Å². The van der Waals surface area contributed by atoms with E-state index in [2.05, 4.69) is 30.1 Å². The molecule has 0 bridgehead atoms. The van der Waals surface area contributed by atoms with Crippen LogP contribution in [0.15, 0.2) is 48.5 Å². The van der Waals surface area contributed by atoms with Gasteiger partial charge in [-0.25, -0.2) is 4.98 Å². The largest absolute Gasteiger partial charge is 0.286 e. The molecule has 0 spiro atoms. The Morgan fingerprint density at radius 2 is 1.95 bits per heavy atom. The van der Waals surface area contributed by atoms with Crippen LogP contribution in [0.2, 0.25) is 0 Å². The van der Waals surface area contributed by atoms with Gasteiger partial charge in [-0.1, -0.05) is 48.0 Å². The van der Waals surface area contributed by atoms with E-state index in [1.54, 1.807) is 0 Å². The first-order valence-electron chi connectivity index (χ1n) is 6.92. The number of aromatic nitrogens is 1. The molecule has 3 aromatic rings. The number of carbonyl (C=O) groups is 1. The zero-order valence-electron chi connectivity index (χ0n) is 11.6. The highest BCUT2D eigenvalue weighted by atomic mass is 32.1. The van der Waals surface area contributed by atoms with Gasteiger partial charge in [-0.2, -0.15) is 0 Å². The predicted molar refractivity (Wildman–Crippen MR) is 85.0 cm³/mol. The summed E-state index contributed by atoms with van der Waals surface area (Å²) in [5.41, 5.74) is 5.43. The summed E-state index contributed by atoms with van der Waals surface area (Å²) in [6.45, 7) is 2.08. The normalized spacial score (nSPS) is 12.0. The summed E-state index contributed by atoms with van der Waals surface area (Å²) >= 11 is 1.53. The quantitative estimate of drug-likeness (QED) is 0.517. The van der Waals surface area contributed by atoms with E-state index in [0.717, 1.165) is 12.1 Å². The molecule has 0 amide bonds. The average Bonchev–Trinajstić information content (AvgIpc) is 3.05. The highest BCUT2D eigenvalue weighted by Crippen LogP contribution is 2.40. The summed E-state index contributed by atoms with van der Waals surface area (Å²) in [5.74, 6) is 0.0178. The number of thiazole rings is 1. The lowest BCUT2D eigenvalue weighted by Crippen LogP contribution is -2.00. The SMILES string of the molecule is Cc1ccc2c(c1)-c1nc(C(=O)c3ccccc3)sc1C2. The third-order valence-electron chi connectivity index (χ3n) is 3.80. The zero-order chi connectivity index (χ0) is 14.4. The van der Waals surface area contributed by atoms with Crippen molar-refractivity contribution in [3.8, 4) is 11.3 Å². The van der Waals surface area contributed by atoms with Gasteiger partial charge in [-0.3, -0.25) is 4.79 Å². The zero-order valence-corrected chi connectivity index (χ0v) is 12.4. The monoisotopic (exact) mass is 291 g/mol. The molecule has 1 heterocycles. The van der Waals surface area contributed by atoms with Crippen molar-refractivity contribution in [2.45, 2.75) is 13.3 Å². The lowest BCUT2D eigenvalue weighted by Gasteiger charge is -2.01. The second kappa shape index (κ2) is 4.64. The molecule has 0 unspecified atom stereocenters. The third-order valence-corrected chi connectivity index (χ3v) is 4.85. The first-order chi connectivity index (χ1) is 10.2. The second-order valence-corrected chi connectivity index (χ2v) is 6.41. The Morgan fingerprint density at radius 3 is 2.76 bits per heavy atom. The van der Waals surface area contributed by atoms with Crippen LogP contribution in [-0.4, -0.2) is 10.8 Å². The van der Waals surface area contributed by atoms with E-state index in [-0.39, 0.29) is 5.78 Å². The molecule has 2 aromatic carbocycles. The highest BCUT2D eigenvalue weighted by molar-refractivity contribution is 7.14. The third kappa shape index (κ3) is 2.01. The van der Waals surface area contributed by atoms with Gasteiger partial charge in [0.15, 0.2) is 5.01 Å². The number of nitrogens with zero attached hydrogens (tertiary/aromatic N) is 1. The Balaban J connectivity index is 1.77. The standard InChI is InChI=1S/C18H13NOS/c1-11-7-8-13-10-15-16(14(13)9-11)19-18(21-15)17(20)12-5-3-2-4-6-12/h2-9H,10H2,1H3. The van der Waals surface area contributed by atoms with Gasteiger partial charge in [0.2, 0.25) is 5.78 Å². The average molecular weight is 291 g/mol. The maximum absolute atomic E-state index is 12.5. The van der Waals surface area contributed by atoms with Crippen LogP contribution >= 0.6 is 11.3 Å². The molecule has 0 radical (unpaired) electrons. The molecule has 0 saturated carbocycles. The van der Waals surface area contributed by atoms with Crippen LogP contribution in [0, 0.1) is 6.92 Å². The molecule has 1 aromatic heterocycles. The van der Waals surface area contributed by atoms with E-state index >= 15 is 0 Å². The van der Waals surface area contributed by atoms with Crippen molar-refractivity contribution in [2.75, 3.05) is 0 Å². The Bertz CT molecular complexity index is 849. The molecule has 1 aliphatic rings. The molecule has 21 heavy (non-hydrogen) atoms.